The van der Waals surface area contributed by atoms with Crippen LogP contribution in [0.2, 0.25) is 0 Å². The van der Waals surface area contributed by atoms with Gasteiger partial charge in [-0.3, -0.25) is 0 Å². The lowest BCUT2D eigenvalue weighted by molar-refractivity contribution is 0.146. The molecule has 0 heteroatoms. The average Bonchev–Trinajstić information content (AvgIpc) is 3.21. The Morgan fingerprint density at radius 1 is 0.500 bits per heavy atom. The molecule has 0 radical (unpaired) electrons. The summed E-state index contributed by atoms with van der Waals surface area (Å²) in [6.07, 6.45) is 12.4. The fourth-order valence-corrected chi connectivity index (χ4v) is 8.89. The van der Waals surface area contributed by atoms with Crippen LogP contribution in [0, 0.1) is 47.3 Å². The van der Waals surface area contributed by atoms with Crippen LogP contribution < -0.4 is 0 Å². The van der Waals surface area contributed by atoms with Crippen LogP contribution in [0.1, 0.15) is 51.4 Å². The first-order valence-electron chi connectivity index (χ1n) is 9.33. The molecule has 0 aliphatic heterocycles. The van der Waals surface area contributed by atoms with Crippen molar-refractivity contribution in [2.45, 2.75) is 51.4 Å². The van der Waals surface area contributed by atoms with Crippen LogP contribution in [0.5, 0.6) is 0 Å². The lowest BCUT2D eigenvalue weighted by Crippen LogP contribution is -2.27. The Morgan fingerprint density at radius 2 is 0.850 bits per heavy atom. The van der Waals surface area contributed by atoms with E-state index >= 15 is 0 Å². The summed E-state index contributed by atoms with van der Waals surface area (Å²) in [7, 11) is 0. The van der Waals surface area contributed by atoms with Crippen LogP contribution in [0.15, 0.2) is 22.3 Å². The van der Waals surface area contributed by atoms with Gasteiger partial charge in [0.2, 0.25) is 0 Å². The zero-order valence-electron chi connectivity index (χ0n) is 12.3. The highest BCUT2D eigenvalue weighted by atomic mass is 14.7. The van der Waals surface area contributed by atoms with E-state index in [2.05, 4.69) is 11.1 Å². The molecule has 4 atom stereocenters. The fraction of sp³-hybridized carbons (Fsp3) is 0.800. The van der Waals surface area contributed by atoms with Gasteiger partial charge in [-0.15, -0.1) is 0 Å². The van der Waals surface area contributed by atoms with E-state index in [0.29, 0.717) is 0 Å². The van der Waals surface area contributed by atoms with Crippen molar-refractivity contribution in [1.82, 2.24) is 0 Å². The second-order valence-corrected chi connectivity index (χ2v) is 9.19. The molecule has 0 nitrogen and oxygen atoms in total. The summed E-state index contributed by atoms with van der Waals surface area (Å²) in [5.41, 5.74) is 8.22. The Morgan fingerprint density at radius 3 is 1.20 bits per heavy atom. The quantitative estimate of drug-likeness (QED) is 0.555. The zero-order chi connectivity index (χ0) is 12.6. The Kier molecular flexibility index (Phi) is 1.53. The van der Waals surface area contributed by atoms with Crippen molar-refractivity contribution < 1.29 is 0 Å². The molecule has 0 aromatic rings. The Labute approximate surface area is 121 Å². The maximum atomic E-state index is 2.09. The van der Waals surface area contributed by atoms with Crippen LogP contribution in [-0.2, 0) is 0 Å². The summed E-state index contributed by atoms with van der Waals surface area (Å²) in [4.78, 5) is 0. The lowest BCUT2D eigenvalue weighted by Gasteiger charge is -2.33. The monoisotopic (exact) mass is 264 g/mol. The van der Waals surface area contributed by atoms with Crippen LogP contribution >= 0.6 is 0 Å². The standard InChI is InChI=1S/C20H24/c1-2-14-17-11-5-9-7-12(8-10(9)6-11)18-15-3-4-16(18)20(14)19(15)13(1)17/h9-10,13-16,19-20H,1-8H2. The average molecular weight is 264 g/mol. The highest BCUT2D eigenvalue weighted by Crippen LogP contribution is 2.74. The third kappa shape index (κ3) is 0.879. The van der Waals surface area contributed by atoms with Gasteiger partial charge in [-0.25, -0.2) is 0 Å². The van der Waals surface area contributed by atoms with Gasteiger partial charge in [0.15, 0.2) is 0 Å². The van der Waals surface area contributed by atoms with Crippen molar-refractivity contribution in [1.29, 1.82) is 0 Å². The summed E-state index contributed by atoms with van der Waals surface area (Å²) >= 11 is 0. The predicted octanol–water partition coefficient (Wildman–Crippen LogP) is 4.73. The van der Waals surface area contributed by atoms with Crippen molar-refractivity contribution >= 4 is 0 Å². The first kappa shape index (κ1) is 10.2. The number of hydrogen-bond acceptors (Lipinski definition) is 0. The summed E-state index contributed by atoms with van der Waals surface area (Å²) < 4.78 is 0. The SMILES string of the molecule is C1C2=C3C4CCC3C3C5CCC(C5=C5CC1C(C2)C5)C43. The molecular weight excluding hydrogens is 240 g/mol. The molecule has 4 unspecified atom stereocenters. The second kappa shape index (κ2) is 2.99. The van der Waals surface area contributed by atoms with Crippen molar-refractivity contribution in [3.05, 3.63) is 22.3 Å². The van der Waals surface area contributed by atoms with Crippen molar-refractivity contribution in [3.8, 4) is 0 Å². The summed E-state index contributed by atoms with van der Waals surface area (Å²) in [6, 6.07) is 0. The molecule has 12 bridgehead atoms. The molecular formula is C20H24. The minimum atomic E-state index is 1.07. The van der Waals surface area contributed by atoms with Gasteiger partial charge >= 0.3 is 0 Å². The molecule has 104 valence electrons. The maximum Gasteiger partial charge on any atom is -0.0160 e. The van der Waals surface area contributed by atoms with Gasteiger partial charge < -0.3 is 0 Å². The molecule has 10 aliphatic rings. The number of allylic oxidation sites excluding steroid dienone is 4. The van der Waals surface area contributed by atoms with Gasteiger partial charge in [0, 0.05) is 0 Å². The Bertz CT molecular complexity index is 508. The summed E-state index contributed by atoms with van der Waals surface area (Å²) in [6.45, 7) is 0. The van der Waals surface area contributed by atoms with Crippen LogP contribution in [0.25, 0.3) is 0 Å². The van der Waals surface area contributed by atoms with E-state index in [1.807, 2.05) is 11.1 Å². The maximum absolute atomic E-state index is 2.09. The van der Waals surface area contributed by atoms with Crippen molar-refractivity contribution in [3.63, 3.8) is 0 Å². The molecule has 0 aromatic heterocycles. The van der Waals surface area contributed by atoms with Gasteiger partial charge in [-0.1, -0.05) is 22.3 Å². The van der Waals surface area contributed by atoms with E-state index in [-0.39, 0.29) is 0 Å². The second-order valence-electron chi connectivity index (χ2n) is 9.19. The third-order valence-corrected chi connectivity index (χ3v) is 9.00. The molecule has 0 saturated heterocycles. The Balaban J connectivity index is 1.58. The molecule has 6 saturated carbocycles. The first-order chi connectivity index (χ1) is 9.90. The smallest absolute Gasteiger partial charge is 0.0160 e. The highest BCUT2D eigenvalue weighted by Gasteiger charge is 2.65. The van der Waals surface area contributed by atoms with Gasteiger partial charge in [-0.2, -0.15) is 0 Å². The molecule has 0 aromatic carbocycles. The molecule has 0 spiro atoms. The Hall–Kier alpha value is -0.520. The number of hydrogen-bond donors (Lipinski definition) is 0. The molecule has 0 amide bonds. The van der Waals surface area contributed by atoms with Crippen LogP contribution in [0.3, 0.4) is 0 Å². The minimum absolute atomic E-state index is 1.07. The van der Waals surface area contributed by atoms with Crippen molar-refractivity contribution in [2.24, 2.45) is 47.3 Å². The third-order valence-electron chi connectivity index (χ3n) is 9.00. The summed E-state index contributed by atoms with van der Waals surface area (Å²) in [5.74, 6) is 8.71. The fourth-order valence-electron chi connectivity index (χ4n) is 8.89. The van der Waals surface area contributed by atoms with Crippen molar-refractivity contribution in [2.75, 3.05) is 0 Å². The molecule has 20 heavy (non-hydrogen) atoms. The van der Waals surface area contributed by atoms with Gasteiger partial charge in [-0.05, 0) is 98.7 Å². The normalized spacial score (nSPS) is 60.0. The zero-order valence-corrected chi connectivity index (χ0v) is 12.3. The van der Waals surface area contributed by atoms with Gasteiger partial charge in [0.1, 0.15) is 0 Å². The molecule has 0 heterocycles. The van der Waals surface area contributed by atoms with Crippen LogP contribution in [0.4, 0.5) is 0 Å². The van der Waals surface area contributed by atoms with E-state index < -0.39 is 0 Å². The van der Waals surface area contributed by atoms with E-state index in [4.69, 9.17) is 0 Å². The van der Waals surface area contributed by atoms with Crippen LogP contribution in [-0.4, -0.2) is 0 Å². The van der Waals surface area contributed by atoms with Gasteiger partial charge in [0.05, 0.1) is 0 Å². The van der Waals surface area contributed by atoms with E-state index in [0.717, 1.165) is 47.3 Å². The highest BCUT2D eigenvalue weighted by molar-refractivity contribution is 5.45. The molecule has 0 N–H and O–H groups in total. The summed E-state index contributed by atoms with van der Waals surface area (Å²) in [5, 5.41) is 0. The number of rotatable bonds is 0. The largest absolute Gasteiger partial charge is 0.0698 e. The first-order valence-corrected chi connectivity index (χ1v) is 9.33. The molecule has 6 fully saturated rings. The van der Waals surface area contributed by atoms with E-state index in [1.165, 1.54) is 25.7 Å². The topological polar surface area (TPSA) is 0 Å². The predicted molar refractivity (Wildman–Crippen MR) is 78.9 cm³/mol. The molecule has 10 aliphatic carbocycles. The van der Waals surface area contributed by atoms with E-state index in [9.17, 15) is 0 Å². The minimum Gasteiger partial charge on any atom is -0.0698 e. The van der Waals surface area contributed by atoms with Gasteiger partial charge in [0.25, 0.3) is 0 Å². The lowest BCUT2D eigenvalue weighted by atomic mass is 9.71. The van der Waals surface area contributed by atoms with E-state index in [1.54, 1.807) is 25.7 Å². The molecule has 10 rings (SSSR count).